The quantitative estimate of drug-likeness (QED) is 0.235. The first kappa shape index (κ1) is 29.0. The molecule has 0 spiro atoms. The van der Waals surface area contributed by atoms with Crippen molar-refractivity contribution >= 4 is 51.0 Å². The van der Waals surface area contributed by atoms with Crippen LogP contribution in [-0.4, -0.2) is 31.5 Å². The Labute approximate surface area is 238 Å². The molecule has 0 radical (unpaired) electrons. The summed E-state index contributed by atoms with van der Waals surface area (Å²) in [4.78, 5) is 16.8. The summed E-state index contributed by atoms with van der Waals surface area (Å²) in [6.07, 6.45) is 4.95. The summed E-state index contributed by atoms with van der Waals surface area (Å²) in [5, 5.41) is 1.04. The molecule has 0 unspecified atom stereocenters. The van der Waals surface area contributed by atoms with Crippen LogP contribution in [0.5, 0.6) is 0 Å². The van der Waals surface area contributed by atoms with E-state index >= 15 is 0 Å². The summed E-state index contributed by atoms with van der Waals surface area (Å²) in [6.45, 7) is 7.72. The Balaban J connectivity index is 1.75. The third kappa shape index (κ3) is 6.59. The third-order valence-electron chi connectivity index (χ3n) is 6.55. The number of rotatable bonds is 11. The standard InChI is InChI=1S/C28H32Cl2N2O4S2/c1-17(2)32-38(34,35)23-12-11-21(24(29)25(23)30)26-22(14-18-7-5-8-18)31-27(37-26)20-10-6-9-19(13-20)15-28(3,4)36-16-33/h6,9-13,16-18,32H,5,7-8,14-15H2,1-4H3. The number of ether oxygens (including phenoxy) is 1. The highest BCUT2D eigenvalue weighted by molar-refractivity contribution is 7.89. The van der Waals surface area contributed by atoms with Gasteiger partial charge < -0.3 is 4.74 Å². The minimum Gasteiger partial charge on any atom is -0.462 e. The molecular formula is C28H32Cl2N2O4S2. The van der Waals surface area contributed by atoms with Gasteiger partial charge in [0.25, 0.3) is 6.47 Å². The van der Waals surface area contributed by atoms with Crippen LogP contribution in [-0.2, 0) is 32.4 Å². The number of thiazole rings is 1. The van der Waals surface area contributed by atoms with Crippen molar-refractivity contribution < 1.29 is 17.9 Å². The van der Waals surface area contributed by atoms with E-state index in [9.17, 15) is 13.2 Å². The zero-order valence-electron chi connectivity index (χ0n) is 21.9. The first-order chi connectivity index (χ1) is 17.9. The van der Waals surface area contributed by atoms with E-state index in [0.717, 1.165) is 33.1 Å². The van der Waals surface area contributed by atoms with E-state index in [-0.39, 0.29) is 21.0 Å². The van der Waals surface area contributed by atoms with Crippen LogP contribution in [0.3, 0.4) is 0 Å². The van der Waals surface area contributed by atoms with Gasteiger partial charge in [0.15, 0.2) is 0 Å². The highest BCUT2D eigenvalue weighted by Gasteiger charge is 2.27. The highest BCUT2D eigenvalue weighted by Crippen LogP contribution is 2.45. The molecule has 204 valence electrons. The summed E-state index contributed by atoms with van der Waals surface area (Å²) in [5.41, 5.74) is 2.98. The predicted octanol–water partition coefficient (Wildman–Crippen LogP) is 7.31. The van der Waals surface area contributed by atoms with E-state index in [4.69, 9.17) is 32.9 Å². The monoisotopic (exact) mass is 594 g/mol. The molecule has 6 nitrogen and oxygen atoms in total. The minimum absolute atomic E-state index is 0.00117. The molecule has 1 aliphatic rings. The molecule has 3 aromatic rings. The Morgan fingerprint density at radius 2 is 1.92 bits per heavy atom. The normalized spacial score (nSPS) is 14.5. The van der Waals surface area contributed by atoms with Crippen LogP contribution < -0.4 is 4.72 Å². The second-order valence-electron chi connectivity index (χ2n) is 10.7. The Morgan fingerprint density at radius 3 is 2.55 bits per heavy atom. The molecule has 1 N–H and O–H groups in total. The Kier molecular flexibility index (Phi) is 8.89. The summed E-state index contributed by atoms with van der Waals surface area (Å²) < 4.78 is 33.4. The van der Waals surface area contributed by atoms with Crippen LogP contribution in [0.4, 0.5) is 0 Å². The molecule has 0 bridgehead atoms. The fraction of sp³-hybridized carbons (Fsp3) is 0.429. The highest BCUT2D eigenvalue weighted by atomic mass is 35.5. The molecule has 0 saturated heterocycles. The molecule has 1 aromatic heterocycles. The number of nitrogens with zero attached hydrogens (tertiary/aromatic N) is 1. The molecule has 1 aliphatic carbocycles. The maximum atomic E-state index is 12.8. The summed E-state index contributed by atoms with van der Waals surface area (Å²) in [6, 6.07) is 11.0. The van der Waals surface area contributed by atoms with Gasteiger partial charge in [-0.3, -0.25) is 4.79 Å². The van der Waals surface area contributed by atoms with Crippen LogP contribution in [0.2, 0.25) is 10.0 Å². The second-order valence-corrected chi connectivity index (χ2v) is 14.1. The largest absolute Gasteiger partial charge is 0.462 e. The predicted molar refractivity (Wildman–Crippen MR) is 154 cm³/mol. The third-order valence-corrected chi connectivity index (χ3v) is 10.4. The molecule has 4 rings (SSSR count). The van der Waals surface area contributed by atoms with Crippen LogP contribution in [0.15, 0.2) is 41.3 Å². The van der Waals surface area contributed by atoms with Gasteiger partial charge in [-0.05, 0) is 57.7 Å². The first-order valence-electron chi connectivity index (χ1n) is 12.6. The van der Waals surface area contributed by atoms with Gasteiger partial charge in [-0.25, -0.2) is 18.1 Å². The smallest absolute Gasteiger partial charge is 0.293 e. The average molecular weight is 596 g/mol. The van der Waals surface area contributed by atoms with Gasteiger partial charge in [-0.2, -0.15) is 0 Å². The number of hydrogen-bond acceptors (Lipinski definition) is 6. The minimum atomic E-state index is -3.81. The van der Waals surface area contributed by atoms with E-state index in [0.29, 0.717) is 24.4 Å². The molecule has 2 aromatic carbocycles. The lowest BCUT2D eigenvalue weighted by molar-refractivity contribution is -0.140. The molecule has 0 atom stereocenters. The van der Waals surface area contributed by atoms with Gasteiger partial charge in [0.1, 0.15) is 15.5 Å². The number of benzene rings is 2. The van der Waals surface area contributed by atoms with Gasteiger partial charge in [0.2, 0.25) is 10.0 Å². The van der Waals surface area contributed by atoms with Gasteiger partial charge in [-0.1, -0.05) is 66.7 Å². The molecule has 0 aliphatic heterocycles. The molecule has 1 heterocycles. The molecule has 0 amide bonds. The van der Waals surface area contributed by atoms with Gasteiger partial charge in [0.05, 0.1) is 20.6 Å². The van der Waals surface area contributed by atoms with Gasteiger partial charge in [-0.15, -0.1) is 11.3 Å². The van der Waals surface area contributed by atoms with Crippen LogP contribution >= 0.6 is 34.5 Å². The van der Waals surface area contributed by atoms with Gasteiger partial charge >= 0.3 is 0 Å². The average Bonchev–Trinajstić information content (AvgIpc) is 3.20. The molecule has 1 saturated carbocycles. The Hall–Kier alpha value is -1.97. The van der Waals surface area contributed by atoms with Crippen molar-refractivity contribution in [1.82, 2.24) is 9.71 Å². The van der Waals surface area contributed by atoms with Gasteiger partial charge in [0, 0.05) is 23.6 Å². The number of carbonyl (C=O) groups excluding carboxylic acids is 1. The topological polar surface area (TPSA) is 85.4 Å². The van der Waals surface area contributed by atoms with Crippen molar-refractivity contribution in [3.8, 4) is 21.0 Å². The zero-order valence-corrected chi connectivity index (χ0v) is 25.0. The fourth-order valence-electron chi connectivity index (χ4n) is 4.56. The number of carbonyl (C=O) groups is 1. The number of nitrogens with one attached hydrogen (secondary N) is 1. The van der Waals surface area contributed by atoms with E-state index in [2.05, 4.69) is 10.8 Å². The van der Waals surface area contributed by atoms with Crippen molar-refractivity contribution in [2.24, 2.45) is 5.92 Å². The van der Waals surface area contributed by atoms with E-state index < -0.39 is 15.6 Å². The van der Waals surface area contributed by atoms with E-state index in [1.54, 1.807) is 19.9 Å². The summed E-state index contributed by atoms with van der Waals surface area (Å²) >= 11 is 14.8. The van der Waals surface area contributed by atoms with Crippen LogP contribution in [0.1, 0.15) is 58.2 Å². The van der Waals surface area contributed by atoms with Crippen molar-refractivity contribution in [2.75, 3.05) is 0 Å². The maximum absolute atomic E-state index is 12.8. The lowest BCUT2D eigenvalue weighted by Crippen LogP contribution is -2.30. The van der Waals surface area contributed by atoms with Crippen LogP contribution in [0.25, 0.3) is 21.0 Å². The van der Waals surface area contributed by atoms with E-state index in [1.165, 1.54) is 36.7 Å². The number of sulfonamides is 1. The summed E-state index contributed by atoms with van der Waals surface area (Å²) in [5.74, 6) is 0.570. The number of hydrogen-bond donors (Lipinski definition) is 1. The fourth-order valence-corrected chi connectivity index (χ4v) is 7.86. The Morgan fingerprint density at radius 1 is 1.18 bits per heavy atom. The maximum Gasteiger partial charge on any atom is 0.293 e. The molecule has 1 fully saturated rings. The number of aromatic nitrogens is 1. The first-order valence-corrected chi connectivity index (χ1v) is 15.7. The molecule has 10 heteroatoms. The van der Waals surface area contributed by atoms with E-state index in [1.807, 2.05) is 32.0 Å². The van der Waals surface area contributed by atoms with Crippen molar-refractivity contribution in [2.45, 2.75) is 76.3 Å². The van der Waals surface area contributed by atoms with Crippen molar-refractivity contribution in [3.05, 3.63) is 57.7 Å². The summed E-state index contributed by atoms with van der Waals surface area (Å²) in [7, 11) is -3.81. The molecular weight excluding hydrogens is 563 g/mol. The number of halogens is 2. The van der Waals surface area contributed by atoms with Crippen LogP contribution in [0, 0.1) is 5.92 Å². The lowest BCUT2D eigenvalue weighted by atomic mass is 9.82. The van der Waals surface area contributed by atoms with Crippen molar-refractivity contribution in [1.29, 1.82) is 0 Å². The lowest BCUT2D eigenvalue weighted by Gasteiger charge is -2.24. The van der Waals surface area contributed by atoms with Crippen molar-refractivity contribution in [3.63, 3.8) is 0 Å². The second kappa shape index (κ2) is 11.6. The zero-order chi connectivity index (χ0) is 27.7. The SMILES string of the molecule is CC(C)NS(=O)(=O)c1ccc(-c2sc(-c3cccc(CC(C)(C)OC=O)c3)nc2CC2CCC2)c(Cl)c1Cl. The Bertz CT molecular complexity index is 1430. The molecule has 38 heavy (non-hydrogen) atoms.